The summed E-state index contributed by atoms with van der Waals surface area (Å²) in [5.41, 5.74) is 4.60. The number of nitriles is 1. The van der Waals surface area contributed by atoms with Gasteiger partial charge in [-0.05, 0) is 61.9 Å². The van der Waals surface area contributed by atoms with Crippen LogP contribution in [0.1, 0.15) is 27.3 Å². The maximum Gasteiger partial charge on any atom is 0.335 e. The molecule has 1 aliphatic heterocycles. The lowest BCUT2D eigenvalue weighted by molar-refractivity contribution is -0.126. The second-order valence-corrected chi connectivity index (χ2v) is 8.30. The molecular formula is C27H26N4O3. The average Bonchev–Trinajstić information content (AvgIpc) is 3.15. The zero-order valence-corrected chi connectivity index (χ0v) is 19.2. The molecule has 34 heavy (non-hydrogen) atoms. The quantitative estimate of drug-likeness (QED) is 0.464. The predicted molar refractivity (Wildman–Crippen MR) is 131 cm³/mol. The number of benzene rings is 2. The first kappa shape index (κ1) is 22.9. The Morgan fingerprint density at radius 1 is 0.941 bits per heavy atom. The van der Waals surface area contributed by atoms with Crippen LogP contribution in [0.15, 0.2) is 66.2 Å². The van der Waals surface area contributed by atoms with E-state index in [4.69, 9.17) is 0 Å². The molecule has 7 nitrogen and oxygen atoms in total. The van der Waals surface area contributed by atoms with Crippen molar-refractivity contribution >= 4 is 23.6 Å². The Bertz CT molecular complexity index is 1290. The highest BCUT2D eigenvalue weighted by atomic mass is 16.4. The average molecular weight is 455 g/mol. The topological polar surface area (TPSA) is 89.6 Å². The van der Waals surface area contributed by atoms with E-state index < -0.39 is 5.97 Å². The number of carboxylic acids is 1. The second kappa shape index (κ2) is 9.67. The number of aromatic nitrogens is 1. The van der Waals surface area contributed by atoms with Crippen molar-refractivity contribution in [2.75, 3.05) is 31.1 Å². The zero-order chi connectivity index (χ0) is 24.2. The number of carboxylic acid groups (broad SMARTS) is 1. The molecule has 1 fully saturated rings. The molecule has 0 atom stereocenters. The van der Waals surface area contributed by atoms with Crippen molar-refractivity contribution in [1.82, 2.24) is 9.47 Å². The first-order valence-electron chi connectivity index (χ1n) is 11.1. The molecule has 4 rings (SSSR count). The van der Waals surface area contributed by atoms with Gasteiger partial charge in [-0.15, -0.1) is 0 Å². The van der Waals surface area contributed by atoms with Crippen LogP contribution in [-0.4, -0.2) is 52.6 Å². The van der Waals surface area contributed by atoms with Gasteiger partial charge in [-0.1, -0.05) is 24.3 Å². The fourth-order valence-electron chi connectivity index (χ4n) is 4.38. The van der Waals surface area contributed by atoms with Crippen LogP contribution in [0, 0.1) is 25.2 Å². The van der Waals surface area contributed by atoms with Crippen molar-refractivity contribution in [3.63, 3.8) is 0 Å². The van der Waals surface area contributed by atoms with Crippen LogP contribution >= 0.6 is 0 Å². The number of nitrogens with zero attached hydrogens (tertiary/aromatic N) is 4. The Labute approximate surface area is 198 Å². The summed E-state index contributed by atoms with van der Waals surface area (Å²) in [5, 5.41) is 19.1. The molecule has 1 aliphatic rings. The van der Waals surface area contributed by atoms with Gasteiger partial charge in [-0.3, -0.25) is 4.79 Å². The van der Waals surface area contributed by atoms with Crippen LogP contribution in [0.4, 0.5) is 5.69 Å². The molecule has 3 aromatic rings. The molecule has 2 heterocycles. The lowest BCUT2D eigenvalue weighted by Crippen LogP contribution is -2.49. The lowest BCUT2D eigenvalue weighted by atomic mass is 10.1. The van der Waals surface area contributed by atoms with Gasteiger partial charge < -0.3 is 19.5 Å². The summed E-state index contributed by atoms with van der Waals surface area (Å²) in [5.74, 6) is -1.26. The van der Waals surface area contributed by atoms with E-state index in [-0.39, 0.29) is 17.0 Å². The van der Waals surface area contributed by atoms with Crippen LogP contribution in [0.3, 0.4) is 0 Å². The molecule has 0 radical (unpaired) electrons. The summed E-state index contributed by atoms with van der Waals surface area (Å²) < 4.78 is 1.93. The van der Waals surface area contributed by atoms with Gasteiger partial charge in [0.25, 0.3) is 5.91 Å². The van der Waals surface area contributed by atoms with Crippen LogP contribution in [-0.2, 0) is 4.79 Å². The molecule has 0 unspecified atom stereocenters. The molecule has 1 amide bonds. The normalized spacial score (nSPS) is 14.1. The Kier molecular flexibility index (Phi) is 6.51. The maximum absolute atomic E-state index is 13.1. The minimum atomic E-state index is -0.992. The van der Waals surface area contributed by atoms with Crippen LogP contribution in [0.25, 0.3) is 11.8 Å². The molecule has 0 aliphatic carbocycles. The van der Waals surface area contributed by atoms with E-state index in [1.54, 1.807) is 29.2 Å². The molecule has 1 saturated heterocycles. The predicted octanol–water partition coefficient (Wildman–Crippen LogP) is 4.05. The van der Waals surface area contributed by atoms with E-state index in [0.29, 0.717) is 26.2 Å². The summed E-state index contributed by atoms with van der Waals surface area (Å²) in [6.07, 6.45) is 1.63. The van der Waals surface area contributed by atoms with Gasteiger partial charge in [0.05, 0.1) is 5.56 Å². The number of carbonyl (C=O) groups is 2. The number of rotatable bonds is 5. The number of anilines is 1. The fraction of sp³-hybridized carbons (Fsp3) is 0.222. The van der Waals surface area contributed by atoms with E-state index in [0.717, 1.165) is 28.3 Å². The minimum absolute atomic E-state index is 0.0905. The Morgan fingerprint density at radius 2 is 1.62 bits per heavy atom. The largest absolute Gasteiger partial charge is 0.478 e. The second-order valence-electron chi connectivity index (χ2n) is 8.30. The highest BCUT2D eigenvalue weighted by Crippen LogP contribution is 2.24. The molecular weight excluding hydrogens is 428 g/mol. The van der Waals surface area contributed by atoms with E-state index in [1.165, 1.54) is 0 Å². The molecule has 172 valence electrons. The summed E-state index contributed by atoms with van der Waals surface area (Å²) in [4.78, 5) is 28.4. The smallest absolute Gasteiger partial charge is 0.335 e. The minimum Gasteiger partial charge on any atom is -0.478 e. The van der Waals surface area contributed by atoms with Gasteiger partial charge in [0.2, 0.25) is 0 Å². The van der Waals surface area contributed by atoms with Crippen molar-refractivity contribution in [3.8, 4) is 11.8 Å². The van der Waals surface area contributed by atoms with Gasteiger partial charge >= 0.3 is 5.97 Å². The van der Waals surface area contributed by atoms with Crippen LogP contribution in [0.5, 0.6) is 0 Å². The van der Waals surface area contributed by atoms with Crippen molar-refractivity contribution in [3.05, 3.63) is 88.8 Å². The number of piperazine rings is 1. The van der Waals surface area contributed by atoms with Gasteiger partial charge in [-0.25, -0.2) is 4.79 Å². The Balaban J connectivity index is 1.55. The van der Waals surface area contributed by atoms with Gasteiger partial charge in [0.15, 0.2) is 0 Å². The third kappa shape index (κ3) is 4.57. The molecule has 0 bridgehead atoms. The fourth-order valence-corrected chi connectivity index (χ4v) is 4.38. The number of hydrogen-bond donors (Lipinski definition) is 1. The monoisotopic (exact) mass is 454 g/mol. The molecule has 2 aromatic carbocycles. The molecule has 1 N–H and O–H groups in total. The summed E-state index contributed by atoms with van der Waals surface area (Å²) in [6.45, 7) is 6.33. The van der Waals surface area contributed by atoms with Gasteiger partial charge in [0.1, 0.15) is 11.6 Å². The van der Waals surface area contributed by atoms with E-state index >= 15 is 0 Å². The number of hydrogen-bond acceptors (Lipinski definition) is 4. The molecule has 7 heteroatoms. The summed E-state index contributed by atoms with van der Waals surface area (Å²) in [7, 11) is 0. The van der Waals surface area contributed by atoms with Crippen molar-refractivity contribution < 1.29 is 14.7 Å². The van der Waals surface area contributed by atoms with E-state index in [1.807, 2.05) is 48.7 Å². The number of aryl methyl sites for hydroxylation is 1. The number of aromatic carboxylic acids is 1. The van der Waals surface area contributed by atoms with E-state index in [2.05, 4.69) is 23.1 Å². The van der Waals surface area contributed by atoms with Crippen molar-refractivity contribution in [2.45, 2.75) is 13.8 Å². The third-order valence-electron chi connectivity index (χ3n) is 6.16. The first-order valence-corrected chi connectivity index (χ1v) is 11.1. The third-order valence-corrected chi connectivity index (χ3v) is 6.16. The first-order chi connectivity index (χ1) is 16.4. The van der Waals surface area contributed by atoms with Gasteiger partial charge in [0, 0.05) is 48.9 Å². The molecule has 0 spiro atoms. The Morgan fingerprint density at radius 3 is 2.26 bits per heavy atom. The maximum atomic E-state index is 13.1. The number of carbonyl (C=O) groups excluding carboxylic acids is 1. The molecule has 1 aromatic heterocycles. The van der Waals surface area contributed by atoms with Crippen molar-refractivity contribution in [2.24, 2.45) is 0 Å². The van der Waals surface area contributed by atoms with E-state index in [9.17, 15) is 20.0 Å². The van der Waals surface area contributed by atoms with Crippen LogP contribution in [0.2, 0.25) is 0 Å². The van der Waals surface area contributed by atoms with Gasteiger partial charge in [-0.2, -0.15) is 5.26 Å². The lowest BCUT2D eigenvalue weighted by Gasteiger charge is -2.36. The Hall–Kier alpha value is -4.31. The zero-order valence-electron chi connectivity index (χ0n) is 19.2. The number of amides is 1. The molecule has 0 saturated carbocycles. The highest BCUT2D eigenvalue weighted by molar-refractivity contribution is 6.02. The summed E-state index contributed by atoms with van der Waals surface area (Å²) in [6, 6.07) is 20.8. The summed E-state index contributed by atoms with van der Waals surface area (Å²) >= 11 is 0. The standard InChI is InChI=1S/C27H26N4O3/c1-19-15-22(20(2)31(19)25-10-6-7-21(17-25)27(33)34)16-23(18-28)26(32)30-13-11-29(12-14-30)24-8-4-3-5-9-24/h3-10,15-17H,11-14H2,1-2H3,(H,33,34)/b23-16-. The van der Waals surface area contributed by atoms with Crippen molar-refractivity contribution in [1.29, 1.82) is 5.26 Å². The SMILES string of the molecule is Cc1cc(/C=C(/C#N)C(=O)N2CCN(c3ccccc3)CC2)c(C)n1-c1cccc(C(=O)O)c1. The highest BCUT2D eigenvalue weighted by Gasteiger charge is 2.24. The number of para-hydroxylation sites is 1. The van der Waals surface area contributed by atoms with Crippen LogP contribution < -0.4 is 4.90 Å².